The van der Waals surface area contributed by atoms with E-state index < -0.39 is 63.6 Å². The molecule has 5 N–H and O–H groups in total. The number of nitrogens with zero attached hydrogens (tertiary/aromatic N) is 3. The van der Waals surface area contributed by atoms with E-state index in [0.717, 1.165) is 64.7 Å². The van der Waals surface area contributed by atoms with Gasteiger partial charge in [0.1, 0.15) is 17.3 Å². The van der Waals surface area contributed by atoms with Crippen LogP contribution in [0.4, 0.5) is 5.69 Å². The lowest BCUT2D eigenvalue weighted by molar-refractivity contribution is -0.185. The smallest absolute Gasteiger partial charge is 0.322 e. The number of aliphatic hydroxyl groups excluding tert-OH is 1. The van der Waals surface area contributed by atoms with Crippen LogP contribution in [-0.2, 0) is 36.3 Å². The number of hydrogen-bond donors (Lipinski definition) is 5. The first-order chi connectivity index (χ1) is 32.9. The van der Waals surface area contributed by atoms with E-state index >= 15 is 9.59 Å². The number of anilines is 1. The number of hydrogen-bond acceptors (Lipinski definition) is 11. The van der Waals surface area contributed by atoms with Crippen molar-refractivity contribution in [2.24, 2.45) is 17.8 Å². The van der Waals surface area contributed by atoms with Crippen molar-refractivity contribution >= 4 is 28.5 Å². The molecule has 6 heterocycles. The number of para-hydroxylation sites is 1. The van der Waals surface area contributed by atoms with Gasteiger partial charge in [0.15, 0.2) is 5.60 Å². The minimum atomic E-state index is -2.27. The third-order valence-electron chi connectivity index (χ3n) is 18.2. The number of fused-ring (bicyclic) bond motifs is 6. The number of likely N-dealkylation sites (N-methyl/N-ethyl adjacent to an activating group) is 1. The van der Waals surface area contributed by atoms with E-state index in [2.05, 4.69) is 78.5 Å². The highest BCUT2D eigenvalue weighted by Crippen LogP contribution is 2.65. The van der Waals surface area contributed by atoms with Gasteiger partial charge in [-0.15, -0.1) is 0 Å². The number of ether oxygens (including phenoxy) is 3. The molecule has 5 aliphatic heterocycles. The highest BCUT2D eigenvalue weighted by Gasteiger charge is 2.76. The van der Waals surface area contributed by atoms with E-state index in [1.54, 1.807) is 7.11 Å². The molecule has 12 atom stereocenters. The lowest BCUT2D eigenvalue weighted by Gasteiger charge is -2.59. The van der Waals surface area contributed by atoms with Crippen LogP contribution >= 0.6 is 0 Å². The van der Waals surface area contributed by atoms with Gasteiger partial charge in [-0.2, -0.15) is 0 Å². The fourth-order valence-electron chi connectivity index (χ4n) is 15.4. The molecule has 1 aromatic heterocycles. The molecule has 10 rings (SSSR count). The SMILES string of the molecule is CCC1=CCN2CCC34c5cc([C@@]6(C(=O)OC)CC7[CH][C@@](O)(CC)CN(CCc8c6[nH]c6ccccc86)C7)c(OC)cc5N(C)C3[C@@](O)(C(=O)N[C@H](C)[C@@H](OC(C)(C)C)C3CCCCC3)[C@H](O)C1C24. The minimum absolute atomic E-state index is 0.214. The van der Waals surface area contributed by atoms with Crippen LogP contribution in [0, 0.1) is 24.2 Å². The van der Waals surface area contributed by atoms with Crippen LogP contribution in [0.25, 0.3) is 10.9 Å². The molecular formula is C56H78N5O8. The highest BCUT2D eigenvalue weighted by molar-refractivity contribution is 5.95. The maximum absolute atomic E-state index is 15.6. The maximum atomic E-state index is 15.6. The van der Waals surface area contributed by atoms with Gasteiger partial charge in [-0.3, -0.25) is 19.4 Å². The summed E-state index contributed by atoms with van der Waals surface area (Å²) in [5.41, 5.74) is -0.0207. The zero-order chi connectivity index (χ0) is 49.0. The number of esters is 1. The van der Waals surface area contributed by atoms with E-state index in [9.17, 15) is 15.3 Å². The Labute approximate surface area is 409 Å². The molecule has 1 radical (unpaired) electrons. The molecule has 2 saturated heterocycles. The fourth-order valence-corrected chi connectivity index (χ4v) is 15.4. The summed E-state index contributed by atoms with van der Waals surface area (Å²) in [6, 6.07) is 10.8. The Morgan fingerprint density at radius 3 is 2.48 bits per heavy atom. The Kier molecular flexibility index (Phi) is 12.4. The van der Waals surface area contributed by atoms with Gasteiger partial charge in [0.05, 0.1) is 43.6 Å². The number of aliphatic hydroxyl groups is 3. The number of carbonyl (C=O) groups excluding carboxylic acids is 2. The zero-order valence-corrected chi connectivity index (χ0v) is 42.6. The molecule has 13 nitrogen and oxygen atoms in total. The number of amides is 1. The van der Waals surface area contributed by atoms with Crippen LogP contribution in [-0.4, -0.2) is 143 Å². The second-order valence-electron chi connectivity index (χ2n) is 23.1. The number of aromatic amines is 1. The summed E-state index contributed by atoms with van der Waals surface area (Å²) in [6.45, 7) is 15.5. The van der Waals surface area contributed by atoms with E-state index in [-0.39, 0.29) is 24.0 Å². The van der Waals surface area contributed by atoms with Crippen molar-refractivity contribution < 1.29 is 39.1 Å². The number of methoxy groups -OCH3 is 2. The van der Waals surface area contributed by atoms with Crippen LogP contribution < -0.4 is 15.0 Å². The van der Waals surface area contributed by atoms with Gasteiger partial charge in [-0.05, 0) is 121 Å². The Hall–Kier alpha value is -3.98. The van der Waals surface area contributed by atoms with Crippen molar-refractivity contribution in [1.82, 2.24) is 20.1 Å². The predicted molar refractivity (Wildman–Crippen MR) is 267 cm³/mol. The molecule has 13 heteroatoms. The molecule has 2 bridgehead atoms. The molecule has 69 heavy (non-hydrogen) atoms. The maximum Gasteiger partial charge on any atom is 0.322 e. The van der Waals surface area contributed by atoms with Crippen LogP contribution in [0.1, 0.15) is 122 Å². The summed E-state index contributed by atoms with van der Waals surface area (Å²) in [6.07, 6.45) is 10.7. The first-order valence-electron chi connectivity index (χ1n) is 26.2. The van der Waals surface area contributed by atoms with E-state index in [1.807, 2.05) is 44.0 Å². The molecule has 1 spiro atoms. The molecule has 3 aromatic rings. The van der Waals surface area contributed by atoms with Crippen LogP contribution in [0.2, 0.25) is 0 Å². The van der Waals surface area contributed by atoms with Crippen molar-refractivity contribution in [2.45, 2.75) is 164 Å². The summed E-state index contributed by atoms with van der Waals surface area (Å²) in [5.74, 6) is -1.07. The number of benzene rings is 2. The molecule has 375 valence electrons. The molecule has 4 fully saturated rings. The van der Waals surface area contributed by atoms with Gasteiger partial charge < -0.3 is 44.7 Å². The molecule has 7 aliphatic rings. The minimum Gasteiger partial charge on any atom is -0.496 e. The average molecular weight is 949 g/mol. The van der Waals surface area contributed by atoms with Crippen molar-refractivity contribution in [2.75, 3.05) is 58.9 Å². The molecular weight excluding hydrogens is 871 g/mol. The molecule has 2 aliphatic carbocycles. The molecule has 2 saturated carbocycles. The third-order valence-corrected chi connectivity index (χ3v) is 18.2. The highest BCUT2D eigenvalue weighted by atomic mass is 16.5. The second-order valence-corrected chi connectivity index (χ2v) is 23.1. The van der Waals surface area contributed by atoms with Gasteiger partial charge >= 0.3 is 5.97 Å². The lowest BCUT2D eigenvalue weighted by Crippen LogP contribution is -2.79. The number of H-pyrrole nitrogens is 1. The topological polar surface area (TPSA) is 160 Å². The van der Waals surface area contributed by atoms with Gasteiger partial charge in [-0.25, -0.2) is 0 Å². The molecule has 1 amide bonds. The van der Waals surface area contributed by atoms with E-state index in [1.165, 1.54) is 13.5 Å². The van der Waals surface area contributed by atoms with Crippen LogP contribution in [0.3, 0.4) is 0 Å². The average Bonchev–Trinajstić information content (AvgIpc) is 4.00. The van der Waals surface area contributed by atoms with Crippen molar-refractivity contribution in [1.29, 1.82) is 0 Å². The standard InChI is InChI=1S/C56H78N5O8/c1-10-35-21-25-61-26-23-54-39-27-40(55(51(64)68-9)30-34-29-53(65,11-2)32-60(31-34)24-22-38-37-19-15-16-20-41(37)58-46(38)55)43(67-8)28-42(39)59(7)49(54)56(66,48(62)44(35)47(54)61)50(63)57-33(3)45(69-52(4,5)6)36-17-13-12-14-18-36/h15-16,19-21,27-29,33-34,36,44-45,47-49,58,62,65-66H,10-14,17-18,22-26,30-32H2,1-9H3,(H,57,63)/t33-,34?,44?,45-,47?,48-,49?,53+,54?,55+,56-/m1/s1. The largest absolute Gasteiger partial charge is 0.496 e. The molecule has 2 aromatic carbocycles. The summed E-state index contributed by atoms with van der Waals surface area (Å²) in [5, 5.41) is 43.3. The summed E-state index contributed by atoms with van der Waals surface area (Å²) < 4.78 is 19.3. The first kappa shape index (κ1) is 48.6. The first-order valence-corrected chi connectivity index (χ1v) is 26.2. The van der Waals surface area contributed by atoms with E-state index in [0.29, 0.717) is 76.1 Å². The van der Waals surface area contributed by atoms with Gasteiger partial charge in [0.2, 0.25) is 0 Å². The second kappa shape index (κ2) is 17.7. The van der Waals surface area contributed by atoms with Gasteiger partial charge in [-0.1, -0.05) is 63.0 Å². The van der Waals surface area contributed by atoms with Crippen molar-refractivity contribution in [3.63, 3.8) is 0 Å². The number of aromatic nitrogens is 1. The summed E-state index contributed by atoms with van der Waals surface area (Å²) in [4.78, 5) is 41.8. The normalized spacial score (nSPS) is 35.4. The van der Waals surface area contributed by atoms with Crippen molar-refractivity contribution in [3.05, 3.63) is 76.9 Å². The third kappa shape index (κ3) is 7.43. The lowest BCUT2D eigenvalue weighted by atomic mass is 9.52. The number of nitrogens with one attached hydrogen (secondary N) is 2. The zero-order valence-electron chi connectivity index (χ0n) is 42.6. The van der Waals surface area contributed by atoms with Crippen LogP contribution in [0.5, 0.6) is 5.75 Å². The Bertz CT molecular complexity index is 2490. The van der Waals surface area contributed by atoms with Gasteiger partial charge in [0, 0.05) is 84.5 Å². The van der Waals surface area contributed by atoms with Gasteiger partial charge in [0.25, 0.3) is 5.91 Å². The summed E-state index contributed by atoms with van der Waals surface area (Å²) >= 11 is 0. The molecule has 6 unspecified atom stereocenters. The Morgan fingerprint density at radius 2 is 1.78 bits per heavy atom. The fraction of sp³-hybridized carbons (Fsp3) is 0.661. The number of carbonyl (C=O) groups is 2. The Balaban J connectivity index is 1.18. The Morgan fingerprint density at radius 1 is 1.03 bits per heavy atom. The summed E-state index contributed by atoms with van der Waals surface area (Å²) in [7, 11) is 5.02. The van der Waals surface area contributed by atoms with E-state index in [4.69, 9.17) is 14.2 Å². The number of piperidine rings is 1. The number of rotatable bonds is 10. The quantitative estimate of drug-likeness (QED) is 0.114. The predicted octanol–water partition coefficient (Wildman–Crippen LogP) is 6.33. The monoisotopic (exact) mass is 949 g/mol. The van der Waals surface area contributed by atoms with Crippen molar-refractivity contribution in [3.8, 4) is 5.75 Å². The van der Waals surface area contributed by atoms with Crippen LogP contribution in [0.15, 0.2) is 48.0 Å².